The van der Waals surface area contributed by atoms with E-state index in [0.717, 1.165) is 6.42 Å². The van der Waals surface area contributed by atoms with Crippen LogP contribution in [0.2, 0.25) is 0 Å². The predicted molar refractivity (Wildman–Crippen MR) is 44.8 cm³/mol. The Balaban J connectivity index is 4.18. The molecule has 0 spiro atoms. The molecule has 0 fully saturated rings. The van der Waals surface area contributed by atoms with Gasteiger partial charge in [-0.15, -0.1) is 0 Å². The molecule has 0 saturated heterocycles. The van der Waals surface area contributed by atoms with Gasteiger partial charge in [0.15, 0.2) is 5.78 Å². The SMILES string of the molecule is CCCCC(=O)C(O)(O)[C@@H](O)CO. The van der Waals surface area contributed by atoms with Crippen molar-refractivity contribution in [2.75, 3.05) is 6.61 Å². The van der Waals surface area contributed by atoms with Crippen molar-refractivity contribution in [2.45, 2.75) is 38.1 Å². The van der Waals surface area contributed by atoms with Gasteiger partial charge in [-0.05, 0) is 6.42 Å². The van der Waals surface area contributed by atoms with Crippen LogP contribution in [0.25, 0.3) is 0 Å². The zero-order valence-corrected chi connectivity index (χ0v) is 7.60. The molecule has 0 bridgehead atoms. The van der Waals surface area contributed by atoms with Crippen molar-refractivity contribution < 1.29 is 25.2 Å². The summed E-state index contributed by atoms with van der Waals surface area (Å²) >= 11 is 0. The molecule has 78 valence electrons. The second-order valence-electron chi connectivity index (χ2n) is 2.95. The standard InChI is InChI=1S/C8H16O5/c1-2-3-4-6(10)8(12,13)7(11)5-9/h7,9,11-13H,2-5H2,1H3/t7-/m0/s1. The minimum absolute atomic E-state index is 0.0133. The van der Waals surface area contributed by atoms with Gasteiger partial charge in [-0.3, -0.25) is 4.79 Å². The monoisotopic (exact) mass is 192 g/mol. The molecule has 4 N–H and O–H groups in total. The third-order valence-electron chi connectivity index (χ3n) is 1.81. The van der Waals surface area contributed by atoms with Gasteiger partial charge >= 0.3 is 0 Å². The van der Waals surface area contributed by atoms with E-state index in [1.54, 1.807) is 0 Å². The summed E-state index contributed by atoms with van der Waals surface area (Å²) in [6.45, 7) is 0.997. The highest BCUT2D eigenvalue weighted by atomic mass is 16.5. The van der Waals surface area contributed by atoms with Gasteiger partial charge in [0, 0.05) is 6.42 Å². The van der Waals surface area contributed by atoms with Crippen molar-refractivity contribution >= 4 is 5.78 Å². The number of aliphatic hydroxyl groups is 4. The summed E-state index contributed by atoms with van der Waals surface area (Å²) in [5.74, 6) is -3.68. The third kappa shape index (κ3) is 3.40. The second kappa shape index (κ2) is 5.29. The van der Waals surface area contributed by atoms with Crippen LogP contribution in [0, 0.1) is 0 Å². The first-order chi connectivity index (χ1) is 5.96. The molecule has 0 unspecified atom stereocenters. The molecule has 0 aromatic heterocycles. The Bertz CT molecular complexity index is 166. The number of ketones is 1. The number of carbonyl (C=O) groups excluding carboxylic acids is 1. The van der Waals surface area contributed by atoms with E-state index in [0.29, 0.717) is 6.42 Å². The van der Waals surface area contributed by atoms with Crippen LogP contribution in [-0.4, -0.2) is 44.7 Å². The largest absolute Gasteiger partial charge is 0.393 e. The summed E-state index contributed by atoms with van der Waals surface area (Å²) in [5, 5.41) is 35.5. The summed E-state index contributed by atoms with van der Waals surface area (Å²) in [7, 11) is 0. The van der Waals surface area contributed by atoms with Gasteiger partial charge in [0.1, 0.15) is 6.10 Å². The first-order valence-corrected chi connectivity index (χ1v) is 4.23. The van der Waals surface area contributed by atoms with Crippen molar-refractivity contribution in [1.29, 1.82) is 0 Å². The molecule has 0 heterocycles. The van der Waals surface area contributed by atoms with E-state index >= 15 is 0 Å². The zero-order valence-electron chi connectivity index (χ0n) is 7.60. The van der Waals surface area contributed by atoms with Gasteiger partial charge in [-0.2, -0.15) is 0 Å². The summed E-state index contributed by atoms with van der Waals surface area (Å²) in [6, 6.07) is 0. The Morgan fingerprint density at radius 1 is 1.46 bits per heavy atom. The summed E-state index contributed by atoms with van der Waals surface area (Å²) in [6.07, 6.45) is -0.575. The fourth-order valence-electron chi connectivity index (χ4n) is 0.834. The maximum atomic E-state index is 11.1. The lowest BCUT2D eigenvalue weighted by molar-refractivity contribution is -0.225. The van der Waals surface area contributed by atoms with Gasteiger partial charge in [-0.25, -0.2) is 0 Å². The van der Waals surface area contributed by atoms with Crippen LogP contribution in [-0.2, 0) is 4.79 Å². The first-order valence-electron chi connectivity index (χ1n) is 4.23. The molecular formula is C8H16O5. The molecule has 0 radical (unpaired) electrons. The minimum Gasteiger partial charge on any atom is -0.393 e. The van der Waals surface area contributed by atoms with Crippen molar-refractivity contribution in [3.63, 3.8) is 0 Å². The molecule has 0 aromatic rings. The third-order valence-corrected chi connectivity index (χ3v) is 1.81. The Morgan fingerprint density at radius 2 is 2.00 bits per heavy atom. The van der Waals surface area contributed by atoms with E-state index in [-0.39, 0.29) is 6.42 Å². The highest BCUT2D eigenvalue weighted by Gasteiger charge is 2.39. The molecule has 0 saturated carbocycles. The topological polar surface area (TPSA) is 98.0 Å². The predicted octanol–water partition coefficient (Wildman–Crippen LogP) is -1.22. The van der Waals surface area contributed by atoms with Gasteiger partial charge < -0.3 is 20.4 Å². The maximum Gasteiger partial charge on any atom is 0.253 e. The number of aliphatic hydroxyl groups excluding tert-OH is 2. The average molecular weight is 192 g/mol. The number of unbranched alkanes of at least 4 members (excludes halogenated alkanes) is 1. The van der Waals surface area contributed by atoms with Gasteiger partial charge in [0.25, 0.3) is 5.79 Å². The van der Waals surface area contributed by atoms with Crippen molar-refractivity contribution in [1.82, 2.24) is 0 Å². The van der Waals surface area contributed by atoms with Gasteiger partial charge in [-0.1, -0.05) is 13.3 Å². The Hall–Kier alpha value is -0.490. The Labute approximate surface area is 76.6 Å². The van der Waals surface area contributed by atoms with Crippen LogP contribution < -0.4 is 0 Å². The quantitative estimate of drug-likeness (QED) is 0.395. The van der Waals surface area contributed by atoms with Gasteiger partial charge in [0.05, 0.1) is 6.61 Å². The number of hydrogen-bond donors (Lipinski definition) is 4. The minimum atomic E-state index is -2.82. The normalized spacial score (nSPS) is 14.2. The molecule has 13 heavy (non-hydrogen) atoms. The maximum absolute atomic E-state index is 11.1. The van der Waals surface area contributed by atoms with E-state index in [1.807, 2.05) is 6.92 Å². The van der Waals surface area contributed by atoms with Crippen molar-refractivity contribution in [2.24, 2.45) is 0 Å². The molecule has 0 aliphatic rings. The van der Waals surface area contributed by atoms with E-state index in [9.17, 15) is 4.79 Å². The fourth-order valence-corrected chi connectivity index (χ4v) is 0.834. The van der Waals surface area contributed by atoms with Crippen LogP contribution in [0.1, 0.15) is 26.2 Å². The molecule has 5 nitrogen and oxygen atoms in total. The van der Waals surface area contributed by atoms with Crippen LogP contribution >= 0.6 is 0 Å². The Kier molecular flexibility index (Phi) is 5.09. The first kappa shape index (κ1) is 12.5. The average Bonchev–Trinajstić information content (AvgIpc) is 2.12. The molecule has 0 rings (SSSR count). The molecule has 0 aliphatic heterocycles. The number of Topliss-reactive ketones (excluding diaryl/α,β-unsaturated/α-hetero) is 1. The van der Waals surface area contributed by atoms with Gasteiger partial charge in [0.2, 0.25) is 0 Å². The van der Waals surface area contributed by atoms with E-state index in [2.05, 4.69) is 0 Å². The second-order valence-corrected chi connectivity index (χ2v) is 2.95. The molecular weight excluding hydrogens is 176 g/mol. The molecule has 0 aromatic carbocycles. The van der Waals surface area contributed by atoms with Crippen LogP contribution in [0.15, 0.2) is 0 Å². The molecule has 0 aliphatic carbocycles. The lowest BCUT2D eigenvalue weighted by Crippen LogP contribution is -2.51. The fraction of sp³-hybridized carbons (Fsp3) is 0.875. The van der Waals surface area contributed by atoms with E-state index < -0.39 is 24.3 Å². The van der Waals surface area contributed by atoms with E-state index in [4.69, 9.17) is 20.4 Å². The number of hydrogen-bond acceptors (Lipinski definition) is 5. The zero-order chi connectivity index (χ0) is 10.5. The number of carbonyl (C=O) groups is 1. The van der Waals surface area contributed by atoms with E-state index in [1.165, 1.54) is 0 Å². The highest BCUT2D eigenvalue weighted by molar-refractivity contribution is 5.85. The molecule has 1 atom stereocenters. The van der Waals surface area contributed by atoms with Crippen LogP contribution in [0.3, 0.4) is 0 Å². The lowest BCUT2D eigenvalue weighted by Gasteiger charge is -2.24. The molecule has 0 amide bonds. The van der Waals surface area contributed by atoms with Crippen molar-refractivity contribution in [3.8, 4) is 0 Å². The lowest BCUT2D eigenvalue weighted by atomic mass is 10.0. The summed E-state index contributed by atoms with van der Waals surface area (Å²) < 4.78 is 0. The smallest absolute Gasteiger partial charge is 0.253 e. The Morgan fingerprint density at radius 3 is 2.38 bits per heavy atom. The summed E-state index contributed by atoms with van der Waals surface area (Å²) in [4.78, 5) is 11.1. The molecule has 5 heteroatoms. The van der Waals surface area contributed by atoms with Crippen molar-refractivity contribution in [3.05, 3.63) is 0 Å². The summed E-state index contributed by atoms with van der Waals surface area (Å²) in [5.41, 5.74) is 0. The highest BCUT2D eigenvalue weighted by Crippen LogP contribution is 2.12. The number of rotatable bonds is 6. The van der Waals surface area contributed by atoms with Crippen LogP contribution in [0.5, 0.6) is 0 Å². The van der Waals surface area contributed by atoms with Crippen LogP contribution in [0.4, 0.5) is 0 Å².